The van der Waals surface area contributed by atoms with Crippen LogP contribution in [0.5, 0.6) is 0 Å². The standard InChI is InChI=1S/C17H25N3O3/c1-11-14-12(18-22)9-17(2,3)10-13(14)23-15(11)16(21)20-7-5-19(4)6-8-20/h22H,5-10H2,1-4H3. The summed E-state index contributed by atoms with van der Waals surface area (Å²) >= 11 is 0. The number of hydrogen-bond donors (Lipinski definition) is 1. The Kier molecular flexibility index (Phi) is 3.96. The number of likely N-dealkylation sites (N-methyl/N-ethyl adjacent to an activating group) is 1. The van der Waals surface area contributed by atoms with Gasteiger partial charge in [0.2, 0.25) is 0 Å². The third kappa shape index (κ3) is 2.87. The van der Waals surface area contributed by atoms with E-state index in [9.17, 15) is 10.0 Å². The first-order valence-electron chi connectivity index (χ1n) is 8.14. The first-order chi connectivity index (χ1) is 10.8. The lowest BCUT2D eigenvalue weighted by atomic mass is 9.75. The van der Waals surface area contributed by atoms with E-state index < -0.39 is 0 Å². The summed E-state index contributed by atoms with van der Waals surface area (Å²) in [6.45, 7) is 9.29. The van der Waals surface area contributed by atoms with Crippen LogP contribution in [0.1, 0.15) is 47.7 Å². The van der Waals surface area contributed by atoms with Gasteiger partial charge in [-0.1, -0.05) is 19.0 Å². The van der Waals surface area contributed by atoms with Crippen LogP contribution in [0.15, 0.2) is 9.57 Å². The summed E-state index contributed by atoms with van der Waals surface area (Å²) < 4.78 is 5.95. The Hall–Kier alpha value is -1.82. The molecule has 0 atom stereocenters. The molecule has 6 heteroatoms. The number of rotatable bonds is 1. The number of oxime groups is 1. The number of hydrogen-bond acceptors (Lipinski definition) is 5. The molecule has 1 amide bonds. The number of piperazine rings is 1. The Morgan fingerprint density at radius 3 is 2.48 bits per heavy atom. The molecule has 2 aliphatic rings. The summed E-state index contributed by atoms with van der Waals surface area (Å²) in [6.07, 6.45) is 1.43. The average molecular weight is 319 g/mol. The quantitative estimate of drug-likeness (QED) is 0.636. The van der Waals surface area contributed by atoms with Crippen LogP contribution >= 0.6 is 0 Å². The minimum Gasteiger partial charge on any atom is -0.455 e. The molecular weight excluding hydrogens is 294 g/mol. The minimum atomic E-state index is -0.0555. The van der Waals surface area contributed by atoms with E-state index in [0.717, 1.165) is 36.4 Å². The van der Waals surface area contributed by atoms with E-state index in [1.54, 1.807) is 0 Å². The summed E-state index contributed by atoms with van der Waals surface area (Å²) in [5.74, 6) is 1.11. The van der Waals surface area contributed by atoms with Crippen molar-refractivity contribution in [3.8, 4) is 0 Å². The van der Waals surface area contributed by atoms with Crippen molar-refractivity contribution in [2.45, 2.75) is 33.6 Å². The second-order valence-corrected chi connectivity index (χ2v) is 7.51. The van der Waals surface area contributed by atoms with Crippen molar-refractivity contribution in [1.29, 1.82) is 0 Å². The van der Waals surface area contributed by atoms with Crippen LogP contribution in [0.4, 0.5) is 0 Å². The van der Waals surface area contributed by atoms with E-state index in [1.165, 1.54) is 0 Å². The lowest BCUT2D eigenvalue weighted by molar-refractivity contribution is 0.0628. The maximum Gasteiger partial charge on any atom is 0.289 e. The maximum atomic E-state index is 12.8. The van der Waals surface area contributed by atoms with E-state index in [2.05, 4.69) is 31.0 Å². The van der Waals surface area contributed by atoms with E-state index >= 15 is 0 Å². The highest BCUT2D eigenvalue weighted by molar-refractivity contribution is 6.06. The maximum absolute atomic E-state index is 12.8. The molecule has 1 N–H and O–H groups in total. The summed E-state index contributed by atoms with van der Waals surface area (Å²) in [4.78, 5) is 16.9. The average Bonchev–Trinajstić information content (AvgIpc) is 2.82. The Bertz CT molecular complexity index is 652. The Morgan fingerprint density at radius 2 is 1.87 bits per heavy atom. The molecule has 2 heterocycles. The largest absolute Gasteiger partial charge is 0.455 e. The minimum absolute atomic E-state index is 0.0347. The van der Waals surface area contributed by atoms with Gasteiger partial charge in [-0.3, -0.25) is 4.79 Å². The summed E-state index contributed by atoms with van der Waals surface area (Å²) in [6, 6.07) is 0. The van der Waals surface area contributed by atoms with Gasteiger partial charge in [-0.15, -0.1) is 0 Å². The highest BCUT2D eigenvalue weighted by atomic mass is 16.4. The van der Waals surface area contributed by atoms with Gasteiger partial charge >= 0.3 is 0 Å². The molecule has 0 spiro atoms. The molecule has 0 saturated carbocycles. The second kappa shape index (κ2) is 5.67. The van der Waals surface area contributed by atoms with Gasteiger partial charge in [0, 0.05) is 43.7 Å². The summed E-state index contributed by atoms with van der Waals surface area (Å²) in [5, 5.41) is 12.8. The molecule has 1 aromatic rings. The first-order valence-corrected chi connectivity index (χ1v) is 8.14. The SMILES string of the molecule is Cc1c(C(=O)N2CCN(C)CC2)oc2c1C(=NO)CC(C)(C)C2. The van der Waals surface area contributed by atoms with Crippen molar-refractivity contribution < 1.29 is 14.4 Å². The zero-order chi connectivity index (χ0) is 16.8. The van der Waals surface area contributed by atoms with E-state index in [0.29, 0.717) is 31.0 Å². The molecule has 0 bridgehead atoms. The number of nitrogens with zero attached hydrogens (tertiary/aromatic N) is 3. The number of furan rings is 1. The fraction of sp³-hybridized carbons (Fsp3) is 0.647. The predicted octanol–water partition coefficient (Wildman–Crippen LogP) is 2.13. The monoisotopic (exact) mass is 319 g/mol. The van der Waals surface area contributed by atoms with Crippen LogP contribution in [-0.2, 0) is 6.42 Å². The summed E-state index contributed by atoms with van der Waals surface area (Å²) in [7, 11) is 2.06. The fourth-order valence-electron chi connectivity index (χ4n) is 3.56. The van der Waals surface area contributed by atoms with Crippen LogP contribution in [-0.4, -0.2) is 59.9 Å². The number of carbonyl (C=O) groups excluding carboxylic acids is 1. The number of carbonyl (C=O) groups is 1. The highest BCUT2D eigenvalue weighted by Gasteiger charge is 2.37. The van der Waals surface area contributed by atoms with Gasteiger partial charge in [-0.2, -0.15) is 0 Å². The predicted molar refractivity (Wildman–Crippen MR) is 87.3 cm³/mol. The topological polar surface area (TPSA) is 69.3 Å². The number of amides is 1. The molecular formula is C17H25N3O3. The van der Waals surface area contributed by atoms with Crippen molar-refractivity contribution in [3.05, 3.63) is 22.6 Å². The van der Waals surface area contributed by atoms with Crippen LogP contribution in [0.25, 0.3) is 0 Å². The van der Waals surface area contributed by atoms with Crippen LogP contribution in [0.3, 0.4) is 0 Å². The zero-order valence-electron chi connectivity index (χ0n) is 14.3. The van der Waals surface area contributed by atoms with Crippen molar-refractivity contribution in [2.75, 3.05) is 33.2 Å². The van der Waals surface area contributed by atoms with Gasteiger partial charge in [0.1, 0.15) is 5.76 Å². The van der Waals surface area contributed by atoms with Crippen molar-refractivity contribution >= 4 is 11.6 Å². The highest BCUT2D eigenvalue weighted by Crippen LogP contribution is 2.39. The zero-order valence-corrected chi connectivity index (χ0v) is 14.3. The normalized spacial score (nSPS) is 23.1. The van der Waals surface area contributed by atoms with Gasteiger partial charge in [0.25, 0.3) is 5.91 Å². The molecule has 6 nitrogen and oxygen atoms in total. The third-order valence-corrected chi connectivity index (χ3v) is 4.90. The first kappa shape index (κ1) is 16.1. The molecule has 1 aliphatic carbocycles. The molecule has 0 radical (unpaired) electrons. The molecule has 1 fully saturated rings. The van der Waals surface area contributed by atoms with E-state index in [4.69, 9.17) is 4.42 Å². The second-order valence-electron chi connectivity index (χ2n) is 7.51. The fourth-order valence-corrected chi connectivity index (χ4v) is 3.56. The van der Waals surface area contributed by atoms with Gasteiger partial charge < -0.3 is 19.4 Å². The molecule has 23 heavy (non-hydrogen) atoms. The lowest BCUT2D eigenvalue weighted by Gasteiger charge is -2.31. The lowest BCUT2D eigenvalue weighted by Crippen LogP contribution is -2.47. The van der Waals surface area contributed by atoms with E-state index in [-0.39, 0.29) is 11.3 Å². The van der Waals surface area contributed by atoms with Gasteiger partial charge in [-0.25, -0.2) is 0 Å². The molecule has 126 valence electrons. The number of fused-ring (bicyclic) bond motifs is 1. The van der Waals surface area contributed by atoms with Gasteiger partial charge in [-0.05, 0) is 25.8 Å². The Balaban J connectivity index is 1.94. The van der Waals surface area contributed by atoms with Crippen molar-refractivity contribution in [1.82, 2.24) is 9.80 Å². The third-order valence-electron chi connectivity index (χ3n) is 4.90. The molecule has 1 aliphatic heterocycles. The molecule has 1 saturated heterocycles. The van der Waals surface area contributed by atoms with Crippen molar-refractivity contribution in [3.63, 3.8) is 0 Å². The van der Waals surface area contributed by atoms with Crippen LogP contribution in [0.2, 0.25) is 0 Å². The molecule has 0 aromatic carbocycles. The Morgan fingerprint density at radius 1 is 1.22 bits per heavy atom. The van der Waals surface area contributed by atoms with Crippen molar-refractivity contribution in [2.24, 2.45) is 10.6 Å². The molecule has 1 aromatic heterocycles. The van der Waals surface area contributed by atoms with Crippen LogP contribution < -0.4 is 0 Å². The molecule has 0 unspecified atom stereocenters. The van der Waals surface area contributed by atoms with Gasteiger partial charge in [0.05, 0.1) is 5.71 Å². The van der Waals surface area contributed by atoms with E-state index in [1.807, 2.05) is 11.8 Å². The molecule has 3 rings (SSSR count). The van der Waals surface area contributed by atoms with Gasteiger partial charge in [0.15, 0.2) is 5.76 Å². The van der Waals surface area contributed by atoms with Crippen LogP contribution in [0, 0.1) is 12.3 Å². The summed E-state index contributed by atoms with van der Waals surface area (Å²) in [5.41, 5.74) is 2.21. The Labute approximate surface area is 136 Å². The smallest absolute Gasteiger partial charge is 0.289 e.